The molecule has 0 atom stereocenters. The van der Waals surface area contributed by atoms with Crippen LogP contribution in [0.4, 0.5) is 0 Å². The van der Waals surface area contributed by atoms with Gasteiger partial charge >= 0.3 is 0 Å². The van der Waals surface area contributed by atoms with Crippen molar-refractivity contribution in [3.8, 4) is 0 Å². The van der Waals surface area contributed by atoms with Crippen molar-refractivity contribution in [1.29, 1.82) is 0 Å². The molecular weight excluding hydrogens is 230 g/mol. The van der Waals surface area contributed by atoms with Crippen LogP contribution in [0, 0.1) is 10.8 Å². The largest absolute Gasteiger partial charge is 0.299 e. The molecule has 102 valence electrons. The Kier molecular flexibility index (Phi) is 3.99. The highest BCUT2D eigenvalue weighted by molar-refractivity contribution is 6.01. The first-order valence-electron chi connectivity index (χ1n) is 6.39. The van der Waals surface area contributed by atoms with Gasteiger partial charge in [-0.05, 0) is 18.8 Å². The maximum Gasteiger partial charge on any atom is 0.229 e. The molecule has 0 spiro atoms. The molecule has 0 aliphatic carbocycles. The molecule has 0 radical (unpaired) electrons. The van der Waals surface area contributed by atoms with Crippen molar-refractivity contribution >= 4 is 17.6 Å². The van der Waals surface area contributed by atoms with E-state index in [0.29, 0.717) is 25.8 Å². The number of ketones is 1. The summed E-state index contributed by atoms with van der Waals surface area (Å²) in [6.07, 6.45) is 1.31. The normalized spacial score (nSPS) is 17.5. The monoisotopic (exact) mass is 253 g/mol. The van der Waals surface area contributed by atoms with E-state index in [0.717, 1.165) is 0 Å². The molecule has 1 saturated heterocycles. The van der Waals surface area contributed by atoms with Crippen LogP contribution in [-0.4, -0.2) is 29.0 Å². The summed E-state index contributed by atoms with van der Waals surface area (Å²) >= 11 is 0. The van der Waals surface area contributed by atoms with Crippen LogP contribution in [0.15, 0.2) is 0 Å². The smallest absolute Gasteiger partial charge is 0.229 e. The fraction of sp³-hybridized carbons (Fsp3) is 0.786. The molecule has 1 heterocycles. The topological polar surface area (TPSA) is 54.5 Å². The summed E-state index contributed by atoms with van der Waals surface area (Å²) < 4.78 is 0. The second kappa shape index (κ2) is 4.82. The minimum absolute atomic E-state index is 0.0892. The zero-order chi connectivity index (χ0) is 14.1. The van der Waals surface area contributed by atoms with E-state index in [1.807, 2.05) is 27.7 Å². The number of hydrogen-bond donors (Lipinski definition) is 0. The van der Waals surface area contributed by atoms with Gasteiger partial charge in [0.15, 0.2) is 0 Å². The van der Waals surface area contributed by atoms with E-state index in [1.165, 1.54) is 4.90 Å². The predicted molar refractivity (Wildman–Crippen MR) is 68.8 cm³/mol. The lowest BCUT2D eigenvalue weighted by atomic mass is 9.73. The van der Waals surface area contributed by atoms with Gasteiger partial charge in [-0.3, -0.25) is 19.3 Å². The maximum atomic E-state index is 11.6. The quantitative estimate of drug-likeness (QED) is 0.706. The minimum Gasteiger partial charge on any atom is -0.299 e. The molecule has 1 aliphatic heterocycles. The summed E-state index contributed by atoms with van der Waals surface area (Å²) in [6.45, 7) is 9.80. The summed E-state index contributed by atoms with van der Waals surface area (Å²) in [6, 6.07) is 0. The number of amides is 2. The van der Waals surface area contributed by atoms with Crippen LogP contribution >= 0.6 is 0 Å². The van der Waals surface area contributed by atoms with E-state index in [2.05, 4.69) is 0 Å². The van der Waals surface area contributed by atoms with E-state index in [4.69, 9.17) is 0 Å². The Bertz CT molecular complexity index is 367. The van der Waals surface area contributed by atoms with Gasteiger partial charge in [-0.1, -0.05) is 27.7 Å². The molecule has 0 aromatic heterocycles. The third-order valence-electron chi connectivity index (χ3n) is 3.61. The average Bonchev–Trinajstić information content (AvgIpc) is 2.47. The molecule has 0 aromatic carbocycles. The van der Waals surface area contributed by atoms with E-state index in [1.54, 1.807) is 6.92 Å². The Morgan fingerprint density at radius 2 is 1.56 bits per heavy atom. The summed E-state index contributed by atoms with van der Waals surface area (Å²) in [4.78, 5) is 36.1. The number of carbonyl (C=O) groups is 3. The molecule has 1 aliphatic rings. The van der Waals surface area contributed by atoms with Gasteiger partial charge in [0.25, 0.3) is 0 Å². The van der Waals surface area contributed by atoms with Crippen molar-refractivity contribution < 1.29 is 14.4 Å². The van der Waals surface area contributed by atoms with Crippen molar-refractivity contribution in [2.24, 2.45) is 10.8 Å². The number of rotatable bonds is 5. The van der Waals surface area contributed by atoms with E-state index in [-0.39, 0.29) is 23.0 Å². The molecule has 0 aromatic rings. The van der Waals surface area contributed by atoms with E-state index in [9.17, 15) is 14.4 Å². The fourth-order valence-corrected chi connectivity index (χ4v) is 2.60. The first-order valence-corrected chi connectivity index (χ1v) is 6.39. The number of hydrogen-bond acceptors (Lipinski definition) is 3. The average molecular weight is 253 g/mol. The number of imide groups is 1. The maximum absolute atomic E-state index is 11.6. The summed E-state index contributed by atoms with van der Waals surface area (Å²) in [5.41, 5.74) is -0.667. The third kappa shape index (κ3) is 3.40. The fourth-order valence-electron chi connectivity index (χ4n) is 2.60. The molecule has 4 heteroatoms. The third-order valence-corrected chi connectivity index (χ3v) is 3.61. The van der Waals surface area contributed by atoms with Crippen LogP contribution < -0.4 is 0 Å². The number of Topliss-reactive ketones (excluding diaryl/α,β-unsaturated/α-hetero) is 1. The van der Waals surface area contributed by atoms with Crippen molar-refractivity contribution in [1.82, 2.24) is 4.90 Å². The number of carbonyl (C=O) groups excluding carboxylic acids is 3. The van der Waals surface area contributed by atoms with E-state index < -0.39 is 5.41 Å². The molecule has 0 N–H and O–H groups in total. The van der Waals surface area contributed by atoms with Crippen LogP contribution in [0.5, 0.6) is 0 Å². The molecule has 1 rings (SSSR count). The van der Waals surface area contributed by atoms with Gasteiger partial charge in [0.1, 0.15) is 5.78 Å². The molecule has 0 unspecified atom stereocenters. The van der Waals surface area contributed by atoms with Gasteiger partial charge in [-0.2, -0.15) is 0 Å². The first kappa shape index (κ1) is 14.9. The zero-order valence-corrected chi connectivity index (χ0v) is 12.0. The lowest BCUT2D eigenvalue weighted by Crippen LogP contribution is -2.41. The first-order chi connectivity index (χ1) is 8.05. The van der Waals surface area contributed by atoms with Crippen molar-refractivity contribution in [3.05, 3.63) is 0 Å². The van der Waals surface area contributed by atoms with Crippen molar-refractivity contribution in [2.75, 3.05) is 6.54 Å². The molecule has 0 saturated carbocycles. The Hall–Kier alpha value is -1.19. The lowest BCUT2D eigenvalue weighted by molar-refractivity contribution is -0.140. The number of nitrogens with zero attached hydrogens (tertiary/aromatic N) is 1. The Morgan fingerprint density at radius 1 is 1.11 bits per heavy atom. The Labute approximate surface area is 109 Å². The predicted octanol–water partition coefficient (Wildman–Crippen LogP) is 2.17. The van der Waals surface area contributed by atoms with Crippen molar-refractivity contribution in [3.63, 3.8) is 0 Å². The molecular formula is C14H23NO3. The second-order valence-electron chi connectivity index (χ2n) is 6.65. The molecule has 2 amide bonds. The molecule has 0 bridgehead atoms. The summed E-state index contributed by atoms with van der Waals surface area (Å²) in [5, 5.41) is 0. The van der Waals surface area contributed by atoms with Gasteiger partial charge in [0, 0.05) is 24.8 Å². The molecule has 18 heavy (non-hydrogen) atoms. The summed E-state index contributed by atoms with van der Waals surface area (Å²) in [7, 11) is 0. The van der Waals surface area contributed by atoms with Gasteiger partial charge in [-0.15, -0.1) is 0 Å². The number of likely N-dealkylation sites (tertiary alicyclic amines) is 1. The highest BCUT2D eigenvalue weighted by Gasteiger charge is 2.37. The second-order valence-corrected chi connectivity index (χ2v) is 6.65. The standard InChI is InChI=1S/C14H23NO3/c1-10(16)14(4,5)8-13(2,3)9-15-11(17)6-7-12(15)18/h6-9H2,1-5H3. The van der Waals surface area contributed by atoms with Crippen LogP contribution in [0.1, 0.15) is 53.9 Å². The Morgan fingerprint density at radius 3 is 1.94 bits per heavy atom. The zero-order valence-electron chi connectivity index (χ0n) is 12.0. The van der Waals surface area contributed by atoms with Gasteiger partial charge in [-0.25, -0.2) is 0 Å². The van der Waals surface area contributed by atoms with Crippen LogP contribution in [-0.2, 0) is 14.4 Å². The molecule has 1 fully saturated rings. The van der Waals surface area contributed by atoms with Gasteiger partial charge in [0.2, 0.25) is 11.8 Å². The van der Waals surface area contributed by atoms with Crippen LogP contribution in [0.25, 0.3) is 0 Å². The summed E-state index contributed by atoms with van der Waals surface area (Å²) in [5.74, 6) is -0.0444. The SMILES string of the molecule is CC(=O)C(C)(C)CC(C)(C)CN1C(=O)CCC1=O. The van der Waals surface area contributed by atoms with Crippen LogP contribution in [0.3, 0.4) is 0 Å². The molecule has 4 nitrogen and oxygen atoms in total. The highest BCUT2D eigenvalue weighted by atomic mass is 16.2. The minimum atomic E-state index is -0.421. The van der Waals surface area contributed by atoms with Gasteiger partial charge < -0.3 is 0 Å². The highest BCUT2D eigenvalue weighted by Crippen LogP contribution is 2.35. The lowest BCUT2D eigenvalue weighted by Gasteiger charge is -2.35. The van der Waals surface area contributed by atoms with Crippen LogP contribution in [0.2, 0.25) is 0 Å². The Balaban J connectivity index is 2.73. The van der Waals surface area contributed by atoms with Crippen molar-refractivity contribution in [2.45, 2.75) is 53.9 Å². The van der Waals surface area contributed by atoms with E-state index >= 15 is 0 Å². The van der Waals surface area contributed by atoms with Gasteiger partial charge in [0.05, 0.1) is 0 Å².